The van der Waals surface area contributed by atoms with Crippen LogP contribution in [0, 0.1) is 5.82 Å². The van der Waals surface area contributed by atoms with Gasteiger partial charge in [-0.05, 0) is 13.0 Å². The van der Waals surface area contributed by atoms with Crippen molar-refractivity contribution in [2.45, 2.75) is 19.4 Å². The molecular weight excluding hydrogens is 245 g/mol. The van der Waals surface area contributed by atoms with Gasteiger partial charge in [0.25, 0.3) is 0 Å². The molecule has 4 nitrogen and oxygen atoms in total. The van der Waals surface area contributed by atoms with E-state index in [4.69, 9.17) is 10.5 Å². The van der Waals surface area contributed by atoms with E-state index < -0.39 is 0 Å². The lowest BCUT2D eigenvalue weighted by molar-refractivity contribution is 0.315. The summed E-state index contributed by atoms with van der Waals surface area (Å²) in [4.78, 5) is 4.19. The van der Waals surface area contributed by atoms with Crippen LogP contribution in [-0.2, 0) is 13.5 Å². The van der Waals surface area contributed by atoms with Gasteiger partial charge in [0.1, 0.15) is 17.4 Å². The first-order valence-corrected chi connectivity index (χ1v) is 6.22. The molecule has 0 fully saturated rings. The second-order valence-corrected chi connectivity index (χ2v) is 4.52. The maximum Gasteiger partial charge on any atom is 0.131 e. The zero-order chi connectivity index (χ0) is 13.8. The van der Waals surface area contributed by atoms with Crippen LogP contribution in [0.15, 0.2) is 30.6 Å². The minimum atomic E-state index is -0.329. The highest BCUT2D eigenvalue weighted by Gasteiger charge is 2.08. The normalized spacial score (nSPS) is 12.4. The molecule has 0 aliphatic carbocycles. The van der Waals surface area contributed by atoms with E-state index in [-0.39, 0.29) is 11.9 Å². The fourth-order valence-corrected chi connectivity index (χ4v) is 1.86. The van der Waals surface area contributed by atoms with Crippen molar-refractivity contribution in [3.8, 4) is 5.75 Å². The molecule has 0 spiro atoms. The summed E-state index contributed by atoms with van der Waals surface area (Å²) < 4.78 is 21.1. The molecule has 0 saturated carbocycles. The van der Waals surface area contributed by atoms with Crippen LogP contribution in [0.25, 0.3) is 0 Å². The molecule has 19 heavy (non-hydrogen) atoms. The molecule has 5 heteroatoms. The van der Waals surface area contributed by atoms with Gasteiger partial charge in [0.15, 0.2) is 0 Å². The maximum absolute atomic E-state index is 13.7. The van der Waals surface area contributed by atoms with Gasteiger partial charge in [-0.2, -0.15) is 0 Å². The third-order valence-electron chi connectivity index (χ3n) is 2.98. The van der Waals surface area contributed by atoms with Crippen molar-refractivity contribution in [2.75, 3.05) is 6.61 Å². The predicted octanol–water partition coefficient (Wildman–Crippen LogP) is 2.20. The summed E-state index contributed by atoms with van der Waals surface area (Å²) in [6.45, 7) is 2.21. The zero-order valence-corrected chi connectivity index (χ0v) is 11.1. The van der Waals surface area contributed by atoms with E-state index in [0.29, 0.717) is 24.3 Å². The molecule has 2 rings (SSSR count). The van der Waals surface area contributed by atoms with E-state index in [2.05, 4.69) is 4.98 Å². The summed E-state index contributed by atoms with van der Waals surface area (Å²) in [6, 6.07) is 4.45. The Bertz CT molecular complexity index is 551. The van der Waals surface area contributed by atoms with E-state index in [1.165, 1.54) is 6.07 Å². The molecule has 0 saturated heterocycles. The molecule has 2 N–H and O–H groups in total. The van der Waals surface area contributed by atoms with Gasteiger partial charge in [0, 0.05) is 43.5 Å². The van der Waals surface area contributed by atoms with Crippen LogP contribution in [0.3, 0.4) is 0 Å². The first-order chi connectivity index (χ1) is 9.08. The van der Waals surface area contributed by atoms with Gasteiger partial charge >= 0.3 is 0 Å². The number of nitrogens with two attached hydrogens (primary N) is 1. The van der Waals surface area contributed by atoms with Crippen LogP contribution in [0.2, 0.25) is 0 Å². The average molecular weight is 263 g/mol. The standard InChI is InChI=1S/C14H18FN3O/c1-10(16)12-4-3-11(9-13(12)15)19-8-5-14-17-6-7-18(14)2/h3-4,6-7,9-10H,5,8,16H2,1-2H3. The van der Waals surface area contributed by atoms with Crippen molar-refractivity contribution in [2.24, 2.45) is 12.8 Å². The topological polar surface area (TPSA) is 53.1 Å². The Morgan fingerprint density at radius 2 is 2.26 bits per heavy atom. The van der Waals surface area contributed by atoms with Crippen LogP contribution in [0.1, 0.15) is 24.4 Å². The predicted molar refractivity (Wildman–Crippen MR) is 71.4 cm³/mol. The Morgan fingerprint density at radius 3 is 2.84 bits per heavy atom. The summed E-state index contributed by atoms with van der Waals surface area (Å²) in [7, 11) is 1.93. The van der Waals surface area contributed by atoms with Gasteiger partial charge in [0.05, 0.1) is 6.61 Å². The second-order valence-electron chi connectivity index (χ2n) is 4.52. The first-order valence-electron chi connectivity index (χ1n) is 6.22. The minimum absolute atomic E-state index is 0.318. The van der Waals surface area contributed by atoms with Gasteiger partial charge in [-0.25, -0.2) is 9.37 Å². The number of aryl methyl sites for hydroxylation is 1. The van der Waals surface area contributed by atoms with E-state index in [1.54, 1.807) is 25.3 Å². The van der Waals surface area contributed by atoms with E-state index >= 15 is 0 Å². The lowest BCUT2D eigenvalue weighted by atomic mass is 10.1. The van der Waals surface area contributed by atoms with Crippen LogP contribution in [0.5, 0.6) is 5.75 Å². The molecular formula is C14H18FN3O. The Kier molecular flexibility index (Phi) is 4.16. The number of aromatic nitrogens is 2. The molecule has 1 unspecified atom stereocenters. The fourth-order valence-electron chi connectivity index (χ4n) is 1.86. The average Bonchev–Trinajstić information content (AvgIpc) is 2.75. The third-order valence-corrected chi connectivity index (χ3v) is 2.98. The number of hydrogen-bond donors (Lipinski definition) is 1. The lowest BCUT2D eigenvalue weighted by Gasteiger charge is -2.10. The van der Waals surface area contributed by atoms with E-state index in [1.807, 2.05) is 17.8 Å². The molecule has 1 aromatic carbocycles. The first kappa shape index (κ1) is 13.5. The largest absolute Gasteiger partial charge is 0.493 e. The number of benzene rings is 1. The number of halogens is 1. The van der Waals surface area contributed by atoms with Gasteiger partial charge in [-0.1, -0.05) is 6.07 Å². The number of hydrogen-bond acceptors (Lipinski definition) is 3. The van der Waals surface area contributed by atoms with Crippen LogP contribution in [0.4, 0.5) is 4.39 Å². The van der Waals surface area contributed by atoms with Crippen molar-refractivity contribution in [1.82, 2.24) is 9.55 Å². The fraction of sp³-hybridized carbons (Fsp3) is 0.357. The highest BCUT2D eigenvalue weighted by atomic mass is 19.1. The van der Waals surface area contributed by atoms with Crippen molar-refractivity contribution in [1.29, 1.82) is 0 Å². The molecule has 2 aromatic rings. The number of ether oxygens (including phenoxy) is 1. The van der Waals surface area contributed by atoms with Gasteiger partial charge in [-0.3, -0.25) is 0 Å². The molecule has 0 aliphatic rings. The molecule has 1 aromatic heterocycles. The monoisotopic (exact) mass is 263 g/mol. The number of nitrogens with zero attached hydrogens (tertiary/aromatic N) is 2. The Hall–Kier alpha value is -1.88. The van der Waals surface area contributed by atoms with Crippen molar-refractivity contribution >= 4 is 0 Å². The molecule has 0 radical (unpaired) electrons. The third kappa shape index (κ3) is 3.32. The molecule has 0 amide bonds. The summed E-state index contributed by atoms with van der Waals surface area (Å²) in [5.41, 5.74) is 6.15. The van der Waals surface area contributed by atoms with Crippen molar-refractivity contribution in [3.05, 3.63) is 47.8 Å². The molecule has 1 atom stereocenters. The van der Waals surface area contributed by atoms with Gasteiger partial charge < -0.3 is 15.0 Å². The van der Waals surface area contributed by atoms with E-state index in [9.17, 15) is 4.39 Å². The molecule has 0 aliphatic heterocycles. The molecule has 0 bridgehead atoms. The van der Waals surface area contributed by atoms with Gasteiger partial charge in [-0.15, -0.1) is 0 Å². The summed E-state index contributed by atoms with van der Waals surface area (Å²) in [5.74, 6) is 1.12. The number of rotatable bonds is 5. The van der Waals surface area contributed by atoms with Crippen LogP contribution >= 0.6 is 0 Å². The maximum atomic E-state index is 13.7. The van der Waals surface area contributed by atoms with E-state index in [0.717, 1.165) is 5.82 Å². The number of imidazole rings is 1. The smallest absolute Gasteiger partial charge is 0.131 e. The van der Waals surface area contributed by atoms with Crippen molar-refractivity contribution < 1.29 is 9.13 Å². The summed E-state index contributed by atoms with van der Waals surface area (Å²) >= 11 is 0. The molecule has 102 valence electrons. The van der Waals surface area contributed by atoms with Gasteiger partial charge in [0.2, 0.25) is 0 Å². The highest BCUT2D eigenvalue weighted by Crippen LogP contribution is 2.20. The Labute approximate surface area is 112 Å². The summed E-state index contributed by atoms with van der Waals surface area (Å²) in [5, 5.41) is 0. The van der Waals surface area contributed by atoms with Crippen LogP contribution < -0.4 is 10.5 Å². The summed E-state index contributed by atoms with van der Waals surface area (Å²) in [6.07, 6.45) is 4.30. The second kappa shape index (κ2) is 5.84. The van der Waals surface area contributed by atoms with Crippen molar-refractivity contribution in [3.63, 3.8) is 0 Å². The minimum Gasteiger partial charge on any atom is -0.493 e. The SMILES string of the molecule is CC(N)c1ccc(OCCc2nccn2C)cc1F. The lowest BCUT2D eigenvalue weighted by Crippen LogP contribution is -2.09. The van der Waals surface area contributed by atoms with Crippen LogP contribution in [-0.4, -0.2) is 16.2 Å². The zero-order valence-electron chi connectivity index (χ0n) is 11.1. The highest BCUT2D eigenvalue weighted by molar-refractivity contribution is 5.30. The Morgan fingerprint density at radius 1 is 1.47 bits per heavy atom. The quantitative estimate of drug-likeness (QED) is 0.899. The Balaban J connectivity index is 1.93. The molecule has 1 heterocycles.